The van der Waals surface area contributed by atoms with Gasteiger partial charge in [0.1, 0.15) is 0 Å². The largest absolute Gasteiger partial charge is 0.493 e. The molecular formula is C14H23NO3. The molecule has 1 aromatic carbocycles. The van der Waals surface area contributed by atoms with Gasteiger partial charge in [-0.1, -0.05) is 20.8 Å². The molecule has 0 aromatic heterocycles. The number of ether oxygens (including phenoxy) is 2. The van der Waals surface area contributed by atoms with E-state index < -0.39 is 0 Å². The lowest BCUT2D eigenvalue weighted by Gasteiger charge is -2.23. The minimum atomic E-state index is 0.0569. The lowest BCUT2D eigenvalue weighted by atomic mass is 9.85. The van der Waals surface area contributed by atoms with Gasteiger partial charge in [0.15, 0.2) is 11.5 Å². The summed E-state index contributed by atoms with van der Waals surface area (Å²) in [6, 6.07) is 4.14. The fourth-order valence-electron chi connectivity index (χ4n) is 1.76. The van der Waals surface area contributed by atoms with Crippen molar-refractivity contribution in [2.45, 2.75) is 32.7 Å². The van der Waals surface area contributed by atoms with Crippen molar-refractivity contribution in [2.75, 3.05) is 21.3 Å². The summed E-state index contributed by atoms with van der Waals surface area (Å²) in [6.07, 6.45) is 0. The highest BCUT2D eigenvalue weighted by molar-refractivity contribution is 5.51. The second kappa shape index (κ2) is 6.07. The Labute approximate surface area is 109 Å². The van der Waals surface area contributed by atoms with Crippen molar-refractivity contribution in [1.29, 1.82) is 0 Å². The Morgan fingerprint density at radius 2 is 1.72 bits per heavy atom. The van der Waals surface area contributed by atoms with Gasteiger partial charge in [-0.15, -0.1) is 0 Å². The van der Waals surface area contributed by atoms with Crippen molar-refractivity contribution < 1.29 is 14.3 Å². The molecule has 0 saturated carbocycles. The highest BCUT2D eigenvalue weighted by Gasteiger charge is 2.19. The molecule has 0 amide bonds. The Bertz CT molecular complexity index is 397. The predicted octanol–water partition coefficient (Wildman–Crippen LogP) is 2.65. The zero-order chi connectivity index (χ0) is 13.8. The molecule has 0 spiro atoms. The average molecular weight is 253 g/mol. The monoisotopic (exact) mass is 253 g/mol. The Hall–Kier alpha value is -1.26. The van der Waals surface area contributed by atoms with Crippen molar-refractivity contribution in [3.8, 4) is 11.5 Å². The molecule has 0 unspecified atom stereocenters. The molecule has 4 heteroatoms. The minimum Gasteiger partial charge on any atom is -0.493 e. The van der Waals surface area contributed by atoms with E-state index in [1.165, 1.54) is 5.56 Å². The molecule has 0 radical (unpaired) electrons. The summed E-state index contributed by atoms with van der Waals surface area (Å²) in [5.41, 5.74) is 5.11. The fraction of sp³-hybridized carbons (Fsp3) is 0.571. The van der Waals surface area contributed by atoms with Crippen LogP contribution in [0.3, 0.4) is 0 Å². The molecule has 1 N–H and O–H groups in total. The molecule has 0 aliphatic heterocycles. The van der Waals surface area contributed by atoms with Crippen molar-refractivity contribution in [3.05, 3.63) is 23.3 Å². The Morgan fingerprint density at radius 3 is 2.17 bits per heavy atom. The van der Waals surface area contributed by atoms with Crippen LogP contribution in [0.15, 0.2) is 12.1 Å². The van der Waals surface area contributed by atoms with Crippen LogP contribution in [-0.2, 0) is 16.8 Å². The third-order valence-corrected chi connectivity index (χ3v) is 2.83. The van der Waals surface area contributed by atoms with Crippen molar-refractivity contribution in [1.82, 2.24) is 5.48 Å². The number of methoxy groups -OCH3 is 2. The second-order valence-corrected chi connectivity index (χ2v) is 5.15. The first-order valence-electron chi connectivity index (χ1n) is 5.95. The summed E-state index contributed by atoms with van der Waals surface area (Å²) in [6.45, 7) is 7.07. The first-order valence-corrected chi connectivity index (χ1v) is 5.95. The number of benzene rings is 1. The molecule has 0 aliphatic carbocycles. The van der Waals surface area contributed by atoms with Gasteiger partial charge in [0.2, 0.25) is 0 Å². The van der Waals surface area contributed by atoms with Crippen LogP contribution in [0, 0.1) is 0 Å². The van der Waals surface area contributed by atoms with Crippen LogP contribution in [0.1, 0.15) is 31.9 Å². The number of hydrogen-bond acceptors (Lipinski definition) is 4. The van der Waals surface area contributed by atoms with Gasteiger partial charge >= 0.3 is 0 Å². The number of hydrogen-bond donors (Lipinski definition) is 1. The quantitative estimate of drug-likeness (QED) is 0.819. The first kappa shape index (κ1) is 14.8. The van der Waals surface area contributed by atoms with Crippen molar-refractivity contribution >= 4 is 0 Å². The van der Waals surface area contributed by atoms with Crippen LogP contribution in [0.4, 0.5) is 0 Å². The maximum atomic E-state index is 5.41. The average Bonchev–Trinajstić information content (AvgIpc) is 2.33. The van der Waals surface area contributed by atoms with Gasteiger partial charge in [-0.3, -0.25) is 0 Å². The van der Waals surface area contributed by atoms with Gasteiger partial charge < -0.3 is 14.3 Å². The van der Waals surface area contributed by atoms with E-state index in [-0.39, 0.29) is 5.41 Å². The van der Waals surface area contributed by atoms with Gasteiger partial charge in [0, 0.05) is 12.1 Å². The summed E-state index contributed by atoms with van der Waals surface area (Å²) in [4.78, 5) is 4.90. The zero-order valence-electron chi connectivity index (χ0n) is 12.1. The van der Waals surface area contributed by atoms with Gasteiger partial charge in [-0.25, -0.2) is 0 Å². The number of nitrogens with one attached hydrogen (secondary N) is 1. The minimum absolute atomic E-state index is 0.0569. The maximum absolute atomic E-state index is 5.41. The highest BCUT2D eigenvalue weighted by Crippen LogP contribution is 2.36. The van der Waals surface area contributed by atoms with E-state index in [1.54, 1.807) is 21.3 Å². The summed E-state index contributed by atoms with van der Waals surface area (Å²) < 4.78 is 10.8. The van der Waals surface area contributed by atoms with Gasteiger partial charge in [0.05, 0.1) is 21.3 Å². The summed E-state index contributed by atoms with van der Waals surface area (Å²) in [5, 5.41) is 0. The predicted molar refractivity (Wildman–Crippen MR) is 72.1 cm³/mol. The van der Waals surface area contributed by atoms with E-state index in [0.29, 0.717) is 6.54 Å². The summed E-state index contributed by atoms with van der Waals surface area (Å²) >= 11 is 0. The molecule has 0 heterocycles. The van der Waals surface area contributed by atoms with Crippen LogP contribution in [0.2, 0.25) is 0 Å². The van der Waals surface area contributed by atoms with Crippen molar-refractivity contribution in [3.63, 3.8) is 0 Å². The third-order valence-electron chi connectivity index (χ3n) is 2.83. The van der Waals surface area contributed by atoms with Crippen LogP contribution in [0.25, 0.3) is 0 Å². The lowest BCUT2D eigenvalue weighted by molar-refractivity contribution is 0.0860. The van der Waals surface area contributed by atoms with Gasteiger partial charge in [0.25, 0.3) is 0 Å². The van der Waals surface area contributed by atoms with Crippen LogP contribution in [0.5, 0.6) is 11.5 Å². The van der Waals surface area contributed by atoms with E-state index in [4.69, 9.17) is 14.3 Å². The molecule has 0 bridgehead atoms. The maximum Gasteiger partial charge on any atom is 0.165 e. The summed E-state index contributed by atoms with van der Waals surface area (Å²) in [5.74, 6) is 1.49. The molecule has 4 nitrogen and oxygen atoms in total. The Kier molecular flexibility index (Phi) is 4.99. The molecule has 0 fully saturated rings. The van der Waals surface area contributed by atoms with Crippen LogP contribution < -0.4 is 15.0 Å². The van der Waals surface area contributed by atoms with E-state index in [0.717, 1.165) is 17.1 Å². The first-order chi connectivity index (χ1) is 8.43. The van der Waals surface area contributed by atoms with E-state index in [2.05, 4.69) is 32.3 Å². The standard InChI is InChI=1S/C14H23NO3/c1-14(2,3)11-7-10(9-15-18-6)13(17-5)12(8-11)16-4/h7-8,15H,9H2,1-6H3. The molecule has 1 aromatic rings. The zero-order valence-corrected chi connectivity index (χ0v) is 12.1. The molecule has 1 rings (SSSR count). The highest BCUT2D eigenvalue weighted by atomic mass is 16.6. The fourth-order valence-corrected chi connectivity index (χ4v) is 1.76. The van der Waals surface area contributed by atoms with Gasteiger partial charge in [-0.2, -0.15) is 5.48 Å². The summed E-state index contributed by atoms with van der Waals surface area (Å²) in [7, 11) is 4.89. The van der Waals surface area contributed by atoms with E-state index >= 15 is 0 Å². The van der Waals surface area contributed by atoms with E-state index in [1.807, 2.05) is 6.07 Å². The molecule has 102 valence electrons. The Morgan fingerprint density at radius 1 is 1.06 bits per heavy atom. The number of rotatable bonds is 5. The molecule has 18 heavy (non-hydrogen) atoms. The van der Waals surface area contributed by atoms with E-state index in [9.17, 15) is 0 Å². The third kappa shape index (κ3) is 3.37. The molecule has 0 atom stereocenters. The topological polar surface area (TPSA) is 39.7 Å². The SMILES string of the molecule is CONCc1cc(C(C)(C)C)cc(OC)c1OC. The Balaban J connectivity index is 3.26. The smallest absolute Gasteiger partial charge is 0.165 e. The van der Waals surface area contributed by atoms with Crippen molar-refractivity contribution in [2.24, 2.45) is 0 Å². The lowest BCUT2D eigenvalue weighted by Crippen LogP contribution is -2.16. The molecule has 0 saturated heterocycles. The number of hydroxylamine groups is 1. The van der Waals surface area contributed by atoms with Crippen LogP contribution >= 0.6 is 0 Å². The molecule has 0 aliphatic rings. The normalized spacial score (nSPS) is 11.4. The molecular weight excluding hydrogens is 230 g/mol. The second-order valence-electron chi connectivity index (χ2n) is 5.15. The van der Waals surface area contributed by atoms with Gasteiger partial charge in [-0.05, 0) is 23.1 Å². The van der Waals surface area contributed by atoms with Crippen LogP contribution in [-0.4, -0.2) is 21.3 Å².